The lowest BCUT2D eigenvalue weighted by atomic mass is 9.97. The highest BCUT2D eigenvalue weighted by atomic mass is 79.9. The highest BCUT2D eigenvalue weighted by molar-refractivity contribution is 9.10. The molecule has 1 aromatic heterocycles. The Morgan fingerprint density at radius 1 is 1.17 bits per heavy atom. The third kappa shape index (κ3) is 5.87. The number of carbonyl (C=O) groups is 1. The number of rotatable bonds is 7. The molecule has 0 spiro atoms. The smallest absolute Gasteiger partial charge is 0.241 e. The van der Waals surface area contributed by atoms with Crippen LogP contribution >= 0.6 is 15.9 Å². The van der Waals surface area contributed by atoms with E-state index in [1.165, 1.54) is 0 Å². The van der Waals surface area contributed by atoms with Gasteiger partial charge in [0.15, 0.2) is 0 Å². The molecular weight excluding hydrogens is 450 g/mol. The molecule has 0 saturated carbocycles. The van der Waals surface area contributed by atoms with Gasteiger partial charge in [0.05, 0.1) is 25.7 Å². The van der Waals surface area contributed by atoms with Crippen molar-refractivity contribution < 1.29 is 14.1 Å². The minimum absolute atomic E-state index is 0.0114. The van der Waals surface area contributed by atoms with E-state index in [1.54, 1.807) is 0 Å². The largest absolute Gasteiger partial charge is 0.379 e. The SMILES string of the molecule is O=C(NCCN1CCOCC1)C1CCCN(Cc2nc(-c3ccc(Br)cc3)no2)C1. The van der Waals surface area contributed by atoms with Gasteiger partial charge in [0.2, 0.25) is 17.6 Å². The van der Waals surface area contributed by atoms with E-state index >= 15 is 0 Å². The van der Waals surface area contributed by atoms with Gasteiger partial charge in [-0.2, -0.15) is 4.98 Å². The second kappa shape index (κ2) is 10.5. The number of benzene rings is 1. The van der Waals surface area contributed by atoms with Crippen molar-refractivity contribution in [2.45, 2.75) is 19.4 Å². The number of nitrogens with zero attached hydrogens (tertiary/aromatic N) is 4. The predicted octanol–water partition coefficient (Wildman–Crippen LogP) is 2.16. The first-order chi connectivity index (χ1) is 14.7. The summed E-state index contributed by atoms with van der Waals surface area (Å²) in [4.78, 5) is 21.7. The fourth-order valence-corrected chi connectivity index (χ4v) is 4.21. The Labute approximate surface area is 185 Å². The van der Waals surface area contributed by atoms with E-state index in [9.17, 15) is 4.79 Å². The van der Waals surface area contributed by atoms with Crippen LogP contribution in [0.5, 0.6) is 0 Å². The van der Waals surface area contributed by atoms with Crippen LogP contribution in [0.1, 0.15) is 18.7 Å². The second-order valence-corrected chi connectivity index (χ2v) is 8.75. The van der Waals surface area contributed by atoms with Gasteiger partial charge in [-0.05, 0) is 43.7 Å². The van der Waals surface area contributed by atoms with Gasteiger partial charge in [-0.15, -0.1) is 0 Å². The van der Waals surface area contributed by atoms with Crippen molar-refractivity contribution in [3.8, 4) is 11.4 Å². The first-order valence-electron chi connectivity index (χ1n) is 10.6. The third-order valence-corrected chi connectivity index (χ3v) is 6.17. The summed E-state index contributed by atoms with van der Waals surface area (Å²) < 4.78 is 11.8. The molecule has 2 fully saturated rings. The molecule has 0 bridgehead atoms. The average Bonchev–Trinajstić information content (AvgIpc) is 3.23. The first-order valence-corrected chi connectivity index (χ1v) is 11.4. The van der Waals surface area contributed by atoms with Gasteiger partial charge >= 0.3 is 0 Å². The fraction of sp³-hybridized carbons (Fsp3) is 0.571. The van der Waals surface area contributed by atoms with Gasteiger partial charge in [0.1, 0.15) is 0 Å². The van der Waals surface area contributed by atoms with E-state index in [2.05, 4.69) is 41.2 Å². The number of morpholine rings is 1. The number of ether oxygens (including phenoxy) is 1. The lowest BCUT2D eigenvalue weighted by Gasteiger charge is -2.31. The van der Waals surface area contributed by atoms with E-state index in [1.807, 2.05) is 24.3 Å². The van der Waals surface area contributed by atoms with Crippen LogP contribution in [-0.2, 0) is 16.1 Å². The Kier molecular flexibility index (Phi) is 7.48. The van der Waals surface area contributed by atoms with Gasteiger partial charge in [-0.3, -0.25) is 14.6 Å². The number of nitrogens with one attached hydrogen (secondary N) is 1. The van der Waals surface area contributed by atoms with Crippen LogP contribution in [0.2, 0.25) is 0 Å². The average molecular weight is 478 g/mol. The minimum Gasteiger partial charge on any atom is -0.379 e. The molecule has 4 rings (SSSR count). The van der Waals surface area contributed by atoms with E-state index in [0.29, 0.717) is 24.8 Å². The zero-order valence-electron chi connectivity index (χ0n) is 17.1. The Bertz CT molecular complexity index is 822. The summed E-state index contributed by atoms with van der Waals surface area (Å²) in [5, 5.41) is 7.21. The zero-order valence-corrected chi connectivity index (χ0v) is 18.6. The van der Waals surface area contributed by atoms with Gasteiger partial charge in [-0.25, -0.2) is 0 Å². The number of aromatic nitrogens is 2. The number of halogens is 1. The molecule has 1 amide bonds. The summed E-state index contributed by atoms with van der Waals surface area (Å²) in [5.74, 6) is 1.33. The van der Waals surface area contributed by atoms with Crippen LogP contribution in [0.4, 0.5) is 0 Å². The van der Waals surface area contributed by atoms with Crippen LogP contribution in [0.3, 0.4) is 0 Å². The lowest BCUT2D eigenvalue weighted by molar-refractivity contribution is -0.126. The molecule has 2 aliphatic rings. The summed E-state index contributed by atoms with van der Waals surface area (Å²) in [6.45, 7) is 7.25. The molecule has 0 aliphatic carbocycles. The van der Waals surface area contributed by atoms with Crippen molar-refractivity contribution in [1.29, 1.82) is 0 Å². The van der Waals surface area contributed by atoms with E-state index < -0.39 is 0 Å². The Morgan fingerprint density at radius 3 is 2.77 bits per heavy atom. The summed E-state index contributed by atoms with van der Waals surface area (Å²) in [6, 6.07) is 7.82. The number of carbonyl (C=O) groups excluding carboxylic acids is 1. The molecule has 2 aromatic rings. The van der Waals surface area contributed by atoms with Crippen molar-refractivity contribution in [1.82, 2.24) is 25.3 Å². The molecule has 2 saturated heterocycles. The van der Waals surface area contributed by atoms with Crippen LogP contribution < -0.4 is 5.32 Å². The summed E-state index contributed by atoms with van der Waals surface area (Å²) in [6.07, 6.45) is 1.92. The maximum absolute atomic E-state index is 12.6. The van der Waals surface area contributed by atoms with Gasteiger partial charge in [0, 0.05) is 42.8 Å². The van der Waals surface area contributed by atoms with Crippen LogP contribution in [-0.4, -0.2) is 78.3 Å². The highest BCUT2D eigenvalue weighted by Gasteiger charge is 2.27. The molecular formula is C21H28BrN5O3. The topological polar surface area (TPSA) is 83.7 Å². The summed E-state index contributed by atoms with van der Waals surface area (Å²) in [7, 11) is 0. The van der Waals surface area contributed by atoms with E-state index in [0.717, 1.165) is 68.8 Å². The van der Waals surface area contributed by atoms with Gasteiger partial charge in [0.25, 0.3) is 0 Å². The van der Waals surface area contributed by atoms with Crippen LogP contribution in [0.25, 0.3) is 11.4 Å². The summed E-state index contributed by atoms with van der Waals surface area (Å²) in [5.41, 5.74) is 0.921. The predicted molar refractivity (Wildman–Crippen MR) is 116 cm³/mol. The Balaban J connectivity index is 1.24. The van der Waals surface area contributed by atoms with Crippen molar-refractivity contribution in [3.63, 3.8) is 0 Å². The molecule has 0 radical (unpaired) electrons. The molecule has 1 N–H and O–H groups in total. The third-order valence-electron chi connectivity index (χ3n) is 5.64. The number of hydrogen-bond donors (Lipinski definition) is 1. The molecule has 162 valence electrons. The maximum Gasteiger partial charge on any atom is 0.241 e. The second-order valence-electron chi connectivity index (χ2n) is 7.84. The Hall–Kier alpha value is -1.81. The molecule has 9 heteroatoms. The normalized spacial score (nSPS) is 20.9. The quantitative estimate of drug-likeness (QED) is 0.653. The molecule has 30 heavy (non-hydrogen) atoms. The first kappa shape index (κ1) is 21.4. The van der Waals surface area contributed by atoms with Crippen molar-refractivity contribution in [3.05, 3.63) is 34.6 Å². The van der Waals surface area contributed by atoms with E-state index in [-0.39, 0.29) is 11.8 Å². The number of piperidine rings is 1. The highest BCUT2D eigenvalue weighted by Crippen LogP contribution is 2.21. The van der Waals surface area contributed by atoms with Crippen LogP contribution in [0, 0.1) is 5.92 Å². The van der Waals surface area contributed by atoms with Gasteiger partial charge < -0.3 is 14.6 Å². The number of amides is 1. The van der Waals surface area contributed by atoms with Crippen molar-refractivity contribution >= 4 is 21.8 Å². The zero-order chi connectivity index (χ0) is 20.8. The summed E-state index contributed by atoms with van der Waals surface area (Å²) >= 11 is 3.43. The molecule has 2 aliphatic heterocycles. The fourth-order valence-electron chi connectivity index (χ4n) is 3.95. The Morgan fingerprint density at radius 2 is 1.97 bits per heavy atom. The molecule has 1 atom stereocenters. The lowest BCUT2D eigenvalue weighted by Crippen LogP contribution is -2.45. The number of hydrogen-bond acceptors (Lipinski definition) is 7. The molecule has 8 nitrogen and oxygen atoms in total. The van der Waals surface area contributed by atoms with E-state index in [4.69, 9.17) is 9.26 Å². The molecule has 1 aromatic carbocycles. The van der Waals surface area contributed by atoms with Crippen molar-refractivity contribution in [2.75, 3.05) is 52.5 Å². The maximum atomic E-state index is 12.6. The molecule has 1 unspecified atom stereocenters. The van der Waals surface area contributed by atoms with Crippen molar-refractivity contribution in [2.24, 2.45) is 5.92 Å². The van der Waals surface area contributed by atoms with Gasteiger partial charge in [-0.1, -0.05) is 21.1 Å². The van der Waals surface area contributed by atoms with Crippen LogP contribution in [0.15, 0.2) is 33.3 Å². The number of likely N-dealkylation sites (tertiary alicyclic amines) is 1. The monoisotopic (exact) mass is 477 g/mol. The minimum atomic E-state index is 0.0114. The molecule has 3 heterocycles. The standard InChI is InChI=1S/C21H28BrN5O3/c22-18-5-3-16(4-6-18)20-24-19(30-25-20)15-27-8-1-2-17(14-27)21(28)23-7-9-26-10-12-29-13-11-26/h3-6,17H,1-2,7-15H2,(H,23,28).